The van der Waals surface area contributed by atoms with Crippen molar-refractivity contribution >= 4 is 35.2 Å². The fourth-order valence-corrected chi connectivity index (χ4v) is 3.83. The van der Waals surface area contributed by atoms with Gasteiger partial charge in [0.2, 0.25) is 5.91 Å². The van der Waals surface area contributed by atoms with E-state index in [-0.39, 0.29) is 5.91 Å². The van der Waals surface area contributed by atoms with Crippen molar-refractivity contribution in [2.45, 2.75) is 32.2 Å². The summed E-state index contributed by atoms with van der Waals surface area (Å²) in [4.78, 5) is 39.7. The van der Waals surface area contributed by atoms with E-state index in [1.165, 1.54) is 5.56 Å². The Balaban J connectivity index is 1.81. The van der Waals surface area contributed by atoms with Gasteiger partial charge in [0, 0.05) is 5.69 Å². The topological polar surface area (TPSA) is 66.5 Å². The molecule has 1 atom stereocenters. The Bertz CT molecular complexity index is 845. The van der Waals surface area contributed by atoms with Crippen LogP contribution in [0.5, 0.6) is 0 Å². The predicted octanol–water partition coefficient (Wildman–Crippen LogP) is 4.00. The van der Waals surface area contributed by atoms with E-state index in [4.69, 9.17) is 0 Å². The van der Waals surface area contributed by atoms with Gasteiger partial charge >= 0.3 is 0 Å². The Morgan fingerprint density at radius 2 is 1.64 bits per heavy atom. The Morgan fingerprint density at radius 3 is 2.18 bits per heavy atom. The van der Waals surface area contributed by atoms with Gasteiger partial charge in [-0.05, 0) is 54.7 Å². The summed E-state index contributed by atoms with van der Waals surface area (Å²) >= 11 is 1.58. The fourth-order valence-electron chi connectivity index (χ4n) is 3.37. The molecular weight excluding hydrogens is 372 g/mol. The minimum absolute atomic E-state index is 0.341. The van der Waals surface area contributed by atoms with Gasteiger partial charge in [-0.25, -0.2) is 0 Å². The lowest BCUT2D eigenvalue weighted by atomic mass is 10.1. The van der Waals surface area contributed by atoms with E-state index in [9.17, 15) is 14.4 Å². The summed E-state index contributed by atoms with van der Waals surface area (Å²) in [5.74, 6) is -0.479. The van der Waals surface area contributed by atoms with Crippen LogP contribution in [0.25, 0.3) is 0 Å². The second kappa shape index (κ2) is 9.06. The number of nitrogens with one attached hydrogen (secondary N) is 1. The first kappa shape index (κ1) is 20.1. The molecule has 1 heterocycles. The van der Waals surface area contributed by atoms with Gasteiger partial charge in [0.25, 0.3) is 11.8 Å². The number of carbonyl (C=O) groups excluding carboxylic acids is 3. The molecule has 2 aromatic rings. The molecule has 0 bridgehead atoms. The molecule has 146 valence electrons. The number of amides is 3. The molecule has 0 fully saturated rings. The second-order valence-electron chi connectivity index (χ2n) is 6.76. The van der Waals surface area contributed by atoms with Crippen molar-refractivity contribution in [2.24, 2.45) is 0 Å². The summed E-state index contributed by atoms with van der Waals surface area (Å²) in [5.41, 5.74) is 2.59. The number of imide groups is 1. The molecule has 5 nitrogen and oxygen atoms in total. The van der Waals surface area contributed by atoms with E-state index in [2.05, 4.69) is 12.2 Å². The number of anilines is 1. The number of fused-ring (bicyclic) bond motifs is 1. The lowest BCUT2D eigenvalue weighted by Crippen LogP contribution is -2.47. The molecule has 1 aliphatic heterocycles. The minimum atomic E-state index is -0.838. The van der Waals surface area contributed by atoms with E-state index in [1.54, 1.807) is 36.0 Å². The summed E-state index contributed by atoms with van der Waals surface area (Å²) in [6.07, 6.45) is 4.39. The molecule has 2 aromatic carbocycles. The highest BCUT2D eigenvalue weighted by Crippen LogP contribution is 2.27. The molecule has 28 heavy (non-hydrogen) atoms. The lowest BCUT2D eigenvalue weighted by molar-refractivity contribution is -0.120. The quantitative estimate of drug-likeness (QED) is 0.685. The molecular formula is C22H24N2O3S. The molecule has 1 unspecified atom stereocenters. The number of nitrogens with zero attached hydrogens (tertiary/aromatic N) is 1. The van der Waals surface area contributed by atoms with E-state index in [0.717, 1.165) is 17.7 Å². The largest absolute Gasteiger partial charge is 0.324 e. The van der Waals surface area contributed by atoms with Gasteiger partial charge in [0.15, 0.2) is 0 Å². The molecule has 0 aliphatic carbocycles. The van der Waals surface area contributed by atoms with Crippen molar-refractivity contribution in [3.63, 3.8) is 0 Å². The highest BCUT2D eigenvalue weighted by molar-refractivity contribution is 7.98. The maximum absolute atomic E-state index is 13.0. The zero-order valence-electron chi connectivity index (χ0n) is 16.1. The molecule has 0 aromatic heterocycles. The number of aryl methyl sites for hydroxylation is 1. The van der Waals surface area contributed by atoms with Crippen LogP contribution in [0.2, 0.25) is 0 Å². The van der Waals surface area contributed by atoms with Crippen LogP contribution in [0.4, 0.5) is 5.69 Å². The first-order valence-electron chi connectivity index (χ1n) is 9.42. The van der Waals surface area contributed by atoms with Gasteiger partial charge in [-0.15, -0.1) is 0 Å². The third-order valence-electron chi connectivity index (χ3n) is 4.80. The molecule has 3 rings (SSSR count). The van der Waals surface area contributed by atoms with Gasteiger partial charge in [0.1, 0.15) is 6.04 Å². The number of hydrogen-bond donors (Lipinski definition) is 1. The first-order chi connectivity index (χ1) is 13.6. The highest BCUT2D eigenvalue weighted by Gasteiger charge is 2.42. The summed E-state index contributed by atoms with van der Waals surface area (Å²) in [5, 5.41) is 2.87. The SMILES string of the molecule is CCCc1ccc(NC(=O)C(CCSC)N2C(=O)c3ccccc3C2=O)cc1. The van der Waals surface area contributed by atoms with Gasteiger partial charge in [-0.3, -0.25) is 19.3 Å². The number of hydrogen-bond acceptors (Lipinski definition) is 4. The molecule has 1 N–H and O–H groups in total. The standard InChI is InChI=1S/C22H24N2O3S/c1-3-6-15-9-11-16(12-10-15)23-20(25)19(13-14-28-2)24-21(26)17-7-4-5-8-18(17)22(24)27/h4-5,7-12,19H,3,6,13-14H2,1-2H3,(H,23,25). The predicted molar refractivity (Wildman–Crippen MR) is 113 cm³/mol. The van der Waals surface area contributed by atoms with Gasteiger partial charge in [-0.2, -0.15) is 11.8 Å². The van der Waals surface area contributed by atoms with Crippen molar-refractivity contribution in [1.82, 2.24) is 4.90 Å². The third-order valence-corrected chi connectivity index (χ3v) is 5.44. The smallest absolute Gasteiger partial charge is 0.262 e. The van der Waals surface area contributed by atoms with Crippen LogP contribution < -0.4 is 5.32 Å². The summed E-state index contributed by atoms with van der Waals surface area (Å²) in [6, 6.07) is 13.6. The number of carbonyl (C=O) groups is 3. The zero-order valence-corrected chi connectivity index (χ0v) is 16.9. The van der Waals surface area contributed by atoms with Crippen molar-refractivity contribution < 1.29 is 14.4 Å². The van der Waals surface area contributed by atoms with Crippen LogP contribution in [0.3, 0.4) is 0 Å². The maximum atomic E-state index is 13.0. The van der Waals surface area contributed by atoms with Crippen molar-refractivity contribution in [2.75, 3.05) is 17.3 Å². The Kier molecular flexibility index (Phi) is 6.52. The minimum Gasteiger partial charge on any atom is -0.324 e. The summed E-state index contributed by atoms with van der Waals surface area (Å²) in [7, 11) is 0. The third kappa shape index (κ3) is 4.12. The Morgan fingerprint density at radius 1 is 1.04 bits per heavy atom. The van der Waals surface area contributed by atoms with Crippen LogP contribution >= 0.6 is 11.8 Å². The molecule has 6 heteroatoms. The summed E-state index contributed by atoms with van der Waals surface area (Å²) in [6.45, 7) is 2.12. The van der Waals surface area contributed by atoms with E-state index >= 15 is 0 Å². The second-order valence-corrected chi connectivity index (χ2v) is 7.74. The van der Waals surface area contributed by atoms with E-state index in [1.807, 2.05) is 30.5 Å². The van der Waals surface area contributed by atoms with Crippen LogP contribution in [-0.4, -0.2) is 40.7 Å². The highest BCUT2D eigenvalue weighted by atomic mass is 32.2. The first-order valence-corrected chi connectivity index (χ1v) is 10.8. The number of rotatable bonds is 8. The zero-order chi connectivity index (χ0) is 20.1. The monoisotopic (exact) mass is 396 g/mol. The van der Waals surface area contributed by atoms with Crippen LogP contribution in [-0.2, 0) is 11.2 Å². The lowest BCUT2D eigenvalue weighted by Gasteiger charge is -2.25. The molecule has 0 saturated carbocycles. The van der Waals surface area contributed by atoms with E-state index < -0.39 is 17.9 Å². The normalized spacial score (nSPS) is 14.1. The number of benzene rings is 2. The van der Waals surface area contributed by atoms with Crippen LogP contribution in [0.1, 0.15) is 46.0 Å². The van der Waals surface area contributed by atoms with Crippen LogP contribution in [0, 0.1) is 0 Å². The van der Waals surface area contributed by atoms with Crippen molar-refractivity contribution in [3.05, 3.63) is 65.2 Å². The molecule has 0 radical (unpaired) electrons. The Labute approximate surface area is 169 Å². The maximum Gasteiger partial charge on any atom is 0.262 e. The van der Waals surface area contributed by atoms with E-state index in [0.29, 0.717) is 29.0 Å². The molecule has 0 spiro atoms. The fraction of sp³-hybridized carbons (Fsp3) is 0.318. The Hall–Kier alpha value is -2.60. The average molecular weight is 397 g/mol. The van der Waals surface area contributed by atoms with Crippen molar-refractivity contribution in [3.8, 4) is 0 Å². The summed E-state index contributed by atoms with van der Waals surface area (Å²) < 4.78 is 0. The number of thioether (sulfide) groups is 1. The molecule has 0 saturated heterocycles. The van der Waals surface area contributed by atoms with Gasteiger partial charge in [0.05, 0.1) is 11.1 Å². The van der Waals surface area contributed by atoms with Gasteiger partial charge in [-0.1, -0.05) is 37.6 Å². The molecule has 3 amide bonds. The van der Waals surface area contributed by atoms with Gasteiger partial charge < -0.3 is 5.32 Å². The molecule has 1 aliphatic rings. The van der Waals surface area contributed by atoms with Crippen LogP contribution in [0.15, 0.2) is 48.5 Å². The van der Waals surface area contributed by atoms with Crippen molar-refractivity contribution in [1.29, 1.82) is 0 Å². The average Bonchev–Trinajstić information content (AvgIpc) is 2.95.